The fourth-order valence-electron chi connectivity index (χ4n) is 4.43. The Morgan fingerprint density at radius 1 is 1.15 bits per heavy atom. The number of aliphatic carboxylic acids is 1. The Hall–Kier alpha value is -4.70. The molecule has 1 aliphatic heterocycles. The van der Waals surface area contributed by atoms with Gasteiger partial charge in [-0.25, -0.2) is 14.6 Å². The van der Waals surface area contributed by atoms with Gasteiger partial charge in [0, 0.05) is 54.2 Å². The van der Waals surface area contributed by atoms with E-state index in [9.17, 15) is 24.8 Å². The van der Waals surface area contributed by atoms with Gasteiger partial charge in [0.25, 0.3) is 5.69 Å². The summed E-state index contributed by atoms with van der Waals surface area (Å²) in [6, 6.07) is 13.4. The topological polar surface area (TPSA) is 128 Å². The fourth-order valence-corrected chi connectivity index (χ4v) is 4.61. The monoisotopic (exact) mass is 548 g/mol. The first-order chi connectivity index (χ1) is 18.7. The second-order valence-corrected chi connectivity index (χ2v) is 9.18. The van der Waals surface area contributed by atoms with Gasteiger partial charge in [0.2, 0.25) is 0 Å². The van der Waals surface area contributed by atoms with E-state index in [0.29, 0.717) is 6.54 Å². The van der Waals surface area contributed by atoms with Gasteiger partial charge < -0.3 is 14.4 Å². The number of imidazole rings is 1. The highest BCUT2D eigenvalue weighted by Gasteiger charge is 2.40. The number of non-ortho nitro benzene ring substituents is 1. The molecule has 1 unspecified atom stereocenters. The molecule has 39 heavy (non-hydrogen) atoms. The summed E-state index contributed by atoms with van der Waals surface area (Å²) >= 11 is 6.35. The van der Waals surface area contributed by atoms with Crippen molar-refractivity contribution in [1.29, 1.82) is 0 Å². The number of hydrogen-bond donors (Lipinski definition) is 1. The number of ether oxygens (including phenoxy) is 1. The quantitative estimate of drug-likeness (QED) is 0.165. The minimum atomic E-state index is -1.30. The van der Waals surface area contributed by atoms with Crippen molar-refractivity contribution in [3.8, 4) is 0 Å². The van der Waals surface area contributed by atoms with Crippen molar-refractivity contribution in [2.24, 2.45) is 0 Å². The molecule has 3 aromatic rings. The molecule has 0 saturated heterocycles. The molecule has 11 heteroatoms. The molecule has 0 saturated carbocycles. The molecule has 2 heterocycles. The molecule has 1 N–H and O–H groups in total. The Morgan fingerprint density at radius 3 is 2.51 bits per heavy atom. The van der Waals surface area contributed by atoms with Crippen LogP contribution in [-0.4, -0.2) is 42.5 Å². The lowest BCUT2D eigenvalue weighted by Crippen LogP contribution is -2.31. The summed E-state index contributed by atoms with van der Waals surface area (Å²) in [5.74, 6) is -3.19. The van der Waals surface area contributed by atoms with Gasteiger partial charge in [-0.05, 0) is 36.6 Å². The van der Waals surface area contributed by atoms with E-state index in [-0.39, 0.29) is 40.4 Å². The molecular formula is C28H25ClN4O6. The van der Waals surface area contributed by atoms with E-state index < -0.39 is 22.8 Å². The minimum Gasteiger partial charge on any atom is -0.478 e. The molecular weight excluding hydrogens is 524 g/mol. The third-order valence-electron chi connectivity index (χ3n) is 6.34. The maximum absolute atomic E-state index is 13.3. The first-order valence-corrected chi connectivity index (χ1v) is 12.2. The fraction of sp³-hybridized carbons (Fsp3) is 0.179. The first kappa shape index (κ1) is 27.3. The predicted octanol–water partition coefficient (Wildman–Crippen LogP) is 5.28. The number of nitrogens with zero attached hydrogens (tertiary/aromatic N) is 4. The molecule has 0 fully saturated rings. The van der Waals surface area contributed by atoms with E-state index in [4.69, 9.17) is 16.5 Å². The highest BCUT2D eigenvalue weighted by atomic mass is 35.5. The summed E-state index contributed by atoms with van der Waals surface area (Å²) in [4.78, 5) is 40.3. The molecule has 4 rings (SSSR count). The van der Waals surface area contributed by atoms with Crippen molar-refractivity contribution < 1.29 is 24.4 Å². The lowest BCUT2D eigenvalue weighted by atomic mass is 9.80. The number of nitro benzene ring substituents is 1. The third kappa shape index (κ3) is 6.07. The van der Waals surface area contributed by atoms with Crippen LogP contribution in [0.2, 0.25) is 0 Å². The summed E-state index contributed by atoms with van der Waals surface area (Å²) in [6.07, 6.45) is 8.82. The normalized spacial score (nSPS) is 15.7. The Bertz CT molecular complexity index is 1490. The molecule has 1 atom stereocenters. The zero-order chi connectivity index (χ0) is 28.1. The zero-order valence-electron chi connectivity index (χ0n) is 21.2. The highest BCUT2D eigenvalue weighted by Crippen LogP contribution is 2.43. The van der Waals surface area contributed by atoms with Crippen LogP contribution in [0.3, 0.4) is 0 Å². The number of carboxylic acid groups (broad SMARTS) is 1. The Kier molecular flexibility index (Phi) is 8.26. The number of hydrogen-bond acceptors (Lipinski definition) is 7. The van der Waals surface area contributed by atoms with Crippen molar-refractivity contribution in [1.82, 2.24) is 14.0 Å². The van der Waals surface area contributed by atoms with Crippen LogP contribution in [0.15, 0.2) is 95.9 Å². The summed E-state index contributed by atoms with van der Waals surface area (Å²) in [5, 5.41) is 21.3. The third-order valence-corrected chi connectivity index (χ3v) is 6.84. The Morgan fingerprint density at radius 2 is 1.87 bits per heavy atom. The van der Waals surface area contributed by atoms with E-state index in [0.717, 1.165) is 15.5 Å². The summed E-state index contributed by atoms with van der Waals surface area (Å²) < 4.78 is 8.53. The van der Waals surface area contributed by atoms with E-state index in [1.807, 2.05) is 35.0 Å². The van der Waals surface area contributed by atoms with Gasteiger partial charge in [-0.15, -0.1) is 0 Å². The van der Waals surface area contributed by atoms with Crippen LogP contribution in [0.5, 0.6) is 0 Å². The number of allylic oxidation sites excluding steroid dienone is 2. The second-order valence-electron chi connectivity index (χ2n) is 8.85. The average molecular weight is 549 g/mol. The number of benzene rings is 2. The van der Waals surface area contributed by atoms with Crippen LogP contribution >= 0.6 is 11.8 Å². The maximum Gasteiger partial charge on any atom is 0.337 e. The van der Waals surface area contributed by atoms with Crippen molar-refractivity contribution in [3.05, 3.63) is 123 Å². The summed E-state index contributed by atoms with van der Waals surface area (Å²) in [6.45, 7) is 3.69. The average Bonchev–Trinajstić information content (AvgIpc) is 3.43. The summed E-state index contributed by atoms with van der Waals surface area (Å²) in [5.41, 5.74) is 2.34. The minimum absolute atomic E-state index is 0.00856. The van der Waals surface area contributed by atoms with Gasteiger partial charge in [0.1, 0.15) is 6.61 Å². The first-order valence-electron chi connectivity index (χ1n) is 11.9. The number of carbonyl (C=O) groups excluding carboxylic acids is 1. The number of esters is 1. The SMILES string of the molecule is CC1=C(C(=O)O)C(c2cccc([N+](=O)[O-])c2)C(C(=O)OCC=Cc2ccc(Cn3ccnc3)cc2)=C(C)N1Cl. The van der Waals surface area contributed by atoms with Gasteiger partial charge in [-0.3, -0.25) is 14.5 Å². The highest BCUT2D eigenvalue weighted by molar-refractivity contribution is 6.17. The number of carbonyl (C=O) groups is 2. The molecule has 200 valence electrons. The molecule has 0 spiro atoms. The standard InChI is InChI=1S/C28H25ClN4O6/c1-18-24(27(34)35)26(22-6-3-7-23(15-22)33(37)38)25(19(2)32(18)29)28(36)39-14-4-5-20-8-10-21(11-9-20)16-31-13-12-30-17-31/h3-13,15,17,26H,14,16H2,1-2H3,(H,34,35). The molecule has 0 radical (unpaired) electrons. The van der Waals surface area contributed by atoms with Gasteiger partial charge >= 0.3 is 11.9 Å². The number of aromatic nitrogens is 2. The van der Waals surface area contributed by atoms with E-state index in [1.54, 1.807) is 31.6 Å². The maximum atomic E-state index is 13.3. The molecule has 10 nitrogen and oxygen atoms in total. The van der Waals surface area contributed by atoms with E-state index in [1.165, 1.54) is 31.2 Å². The van der Waals surface area contributed by atoms with Crippen molar-refractivity contribution in [2.75, 3.05) is 6.61 Å². The predicted molar refractivity (Wildman–Crippen MR) is 144 cm³/mol. The second kappa shape index (κ2) is 11.8. The molecule has 0 bridgehead atoms. The van der Waals surface area contributed by atoms with Crippen LogP contribution < -0.4 is 0 Å². The number of halogens is 1. The zero-order valence-corrected chi connectivity index (χ0v) is 21.9. The molecule has 1 aliphatic rings. The molecule has 2 aromatic carbocycles. The van der Waals surface area contributed by atoms with Crippen LogP contribution in [0, 0.1) is 10.1 Å². The molecule has 0 amide bonds. The van der Waals surface area contributed by atoms with Gasteiger partial charge in [0.15, 0.2) is 0 Å². The largest absolute Gasteiger partial charge is 0.478 e. The van der Waals surface area contributed by atoms with Crippen molar-refractivity contribution in [3.63, 3.8) is 0 Å². The lowest BCUT2D eigenvalue weighted by Gasteiger charge is -2.33. The van der Waals surface area contributed by atoms with Gasteiger partial charge in [-0.1, -0.05) is 42.5 Å². The van der Waals surface area contributed by atoms with Crippen molar-refractivity contribution in [2.45, 2.75) is 26.3 Å². The van der Waals surface area contributed by atoms with Crippen molar-refractivity contribution >= 4 is 35.5 Å². The van der Waals surface area contributed by atoms with Crippen LogP contribution in [0.1, 0.15) is 36.5 Å². The number of nitro groups is 1. The Labute approximate surface area is 229 Å². The number of carboxylic acids is 1. The molecule has 1 aromatic heterocycles. The number of rotatable bonds is 9. The van der Waals surface area contributed by atoms with E-state index in [2.05, 4.69) is 4.98 Å². The molecule has 0 aliphatic carbocycles. The van der Waals surface area contributed by atoms with Crippen LogP contribution in [-0.2, 0) is 20.9 Å². The Balaban J connectivity index is 1.53. The van der Waals surface area contributed by atoms with E-state index >= 15 is 0 Å². The summed E-state index contributed by atoms with van der Waals surface area (Å²) in [7, 11) is 0. The lowest BCUT2D eigenvalue weighted by molar-refractivity contribution is -0.384. The van der Waals surface area contributed by atoms with Gasteiger partial charge in [-0.2, -0.15) is 0 Å². The van der Waals surface area contributed by atoms with Gasteiger partial charge in [0.05, 0.1) is 28.3 Å². The smallest absolute Gasteiger partial charge is 0.337 e. The van der Waals surface area contributed by atoms with Crippen LogP contribution in [0.4, 0.5) is 5.69 Å². The van der Waals surface area contributed by atoms with Crippen LogP contribution in [0.25, 0.3) is 6.08 Å².